The fraction of sp³-hybridized carbons (Fsp3) is 0.0500. The molecule has 0 atom stereocenters. The third-order valence-corrected chi connectivity index (χ3v) is 4.35. The molecule has 27 heavy (non-hydrogen) atoms. The van der Waals surface area contributed by atoms with Gasteiger partial charge in [-0.1, -0.05) is 24.3 Å². The van der Waals surface area contributed by atoms with E-state index in [1.54, 1.807) is 54.6 Å². The first-order valence-electron chi connectivity index (χ1n) is 8.09. The van der Waals surface area contributed by atoms with E-state index in [4.69, 9.17) is 4.42 Å². The van der Waals surface area contributed by atoms with Gasteiger partial charge in [0, 0.05) is 4.47 Å². The number of anilines is 1. The van der Waals surface area contributed by atoms with E-state index in [0.717, 1.165) is 5.76 Å². The Morgan fingerprint density at radius 3 is 2.37 bits per heavy atom. The second kappa shape index (κ2) is 8.46. The van der Waals surface area contributed by atoms with Gasteiger partial charge in [-0.3, -0.25) is 9.59 Å². The predicted molar refractivity (Wildman–Crippen MR) is 107 cm³/mol. The van der Waals surface area contributed by atoms with Crippen molar-refractivity contribution in [1.82, 2.24) is 5.43 Å². The quantitative estimate of drug-likeness (QED) is 0.470. The summed E-state index contributed by atoms with van der Waals surface area (Å²) in [7, 11) is 0. The summed E-state index contributed by atoms with van der Waals surface area (Å²) in [4.78, 5) is 24.9. The lowest BCUT2D eigenvalue weighted by atomic mass is 10.1. The predicted octanol–water partition coefficient (Wildman–Crippen LogP) is 4.37. The Kier molecular flexibility index (Phi) is 5.83. The van der Waals surface area contributed by atoms with Gasteiger partial charge in [0.05, 0.1) is 23.0 Å². The summed E-state index contributed by atoms with van der Waals surface area (Å²) in [5.74, 6) is 0.515. The largest absolute Gasteiger partial charge is 0.460 e. The van der Waals surface area contributed by atoms with Gasteiger partial charge < -0.3 is 9.73 Å². The average molecular weight is 426 g/mol. The molecule has 0 aliphatic carbocycles. The number of benzene rings is 2. The number of hydrogen-bond acceptors (Lipinski definition) is 4. The van der Waals surface area contributed by atoms with Crippen LogP contribution in [0.3, 0.4) is 0 Å². The number of carbonyl (C=O) groups excluding carboxylic acids is 2. The molecule has 136 valence electrons. The van der Waals surface area contributed by atoms with E-state index in [1.165, 1.54) is 6.21 Å². The van der Waals surface area contributed by atoms with Crippen LogP contribution in [-0.4, -0.2) is 18.0 Å². The Morgan fingerprint density at radius 1 is 0.963 bits per heavy atom. The van der Waals surface area contributed by atoms with Crippen molar-refractivity contribution >= 4 is 39.6 Å². The van der Waals surface area contributed by atoms with Gasteiger partial charge in [0.15, 0.2) is 0 Å². The lowest BCUT2D eigenvalue weighted by molar-refractivity contribution is 0.0956. The molecule has 2 N–H and O–H groups in total. The summed E-state index contributed by atoms with van der Waals surface area (Å²) in [5, 5.41) is 6.65. The topological polar surface area (TPSA) is 83.7 Å². The molecule has 0 radical (unpaired) electrons. The highest BCUT2D eigenvalue weighted by molar-refractivity contribution is 9.10. The van der Waals surface area contributed by atoms with Gasteiger partial charge in [0.1, 0.15) is 11.5 Å². The normalized spacial score (nSPS) is 10.7. The molecular formula is C20H16BrN3O3. The summed E-state index contributed by atoms with van der Waals surface area (Å²) in [6.07, 6.45) is 1.41. The molecule has 0 aliphatic heterocycles. The van der Waals surface area contributed by atoms with Crippen molar-refractivity contribution in [2.24, 2.45) is 5.10 Å². The number of furan rings is 1. The SMILES string of the molecule is Cc1ccc(C=NNC(=O)c2ccccc2NC(=O)c2ccccc2Br)o1. The lowest BCUT2D eigenvalue weighted by Crippen LogP contribution is -2.21. The van der Waals surface area contributed by atoms with Crippen molar-refractivity contribution in [3.05, 3.63) is 87.8 Å². The number of carbonyl (C=O) groups is 2. The molecule has 0 aliphatic rings. The van der Waals surface area contributed by atoms with Gasteiger partial charge in [-0.05, 0) is 59.3 Å². The van der Waals surface area contributed by atoms with Gasteiger partial charge in [0.2, 0.25) is 0 Å². The monoisotopic (exact) mass is 425 g/mol. The highest BCUT2D eigenvalue weighted by atomic mass is 79.9. The zero-order valence-corrected chi connectivity index (χ0v) is 16.0. The molecule has 3 aromatic rings. The molecule has 0 saturated heterocycles. The summed E-state index contributed by atoms with van der Waals surface area (Å²) in [6.45, 7) is 1.82. The number of amides is 2. The van der Waals surface area contributed by atoms with Crippen LogP contribution in [0.15, 0.2) is 74.7 Å². The standard InChI is InChI=1S/C20H16BrN3O3/c1-13-10-11-14(27-13)12-22-24-20(26)16-7-3-5-9-18(16)23-19(25)15-6-2-4-8-17(15)21/h2-12H,1H3,(H,23,25)(H,24,26). The van der Waals surface area contributed by atoms with E-state index >= 15 is 0 Å². The number of nitrogens with one attached hydrogen (secondary N) is 2. The molecule has 2 amide bonds. The fourth-order valence-corrected chi connectivity index (χ4v) is 2.83. The van der Waals surface area contributed by atoms with Crippen molar-refractivity contribution < 1.29 is 14.0 Å². The number of hydrogen-bond donors (Lipinski definition) is 2. The Morgan fingerprint density at radius 2 is 1.67 bits per heavy atom. The van der Waals surface area contributed by atoms with E-state index in [1.807, 2.05) is 13.0 Å². The second-order valence-corrected chi connectivity index (χ2v) is 6.48. The maximum absolute atomic E-state index is 12.5. The third kappa shape index (κ3) is 4.71. The molecular weight excluding hydrogens is 410 g/mol. The highest BCUT2D eigenvalue weighted by Crippen LogP contribution is 2.20. The Balaban J connectivity index is 1.73. The van der Waals surface area contributed by atoms with Crippen LogP contribution in [0.2, 0.25) is 0 Å². The van der Waals surface area contributed by atoms with Crippen molar-refractivity contribution in [1.29, 1.82) is 0 Å². The maximum Gasteiger partial charge on any atom is 0.273 e. The number of halogens is 1. The molecule has 0 unspecified atom stereocenters. The average Bonchev–Trinajstić information content (AvgIpc) is 3.07. The van der Waals surface area contributed by atoms with Crippen LogP contribution in [-0.2, 0) is 0 Å². The van der Waals surface area contributed by atoms with Gasteiger partial charge in [-0.15, -0.1) is 0 Å². The molecule has 6 nitrogen and oxygen atoms in total. The zero-order chi connectivity index (χ0) is 19.2. The number of rotatable bonds is 5. The summed E-state index contributed by atoms with van der Waals surface area (Å²) >= 11 is 3.35. The molecule has 1 heterocycles. The number of aryl methyl sites for hydroxylation is 1. The first kappa shape index (κ1) is 18.6. The van der Waals surface area contributed by atoms with Crippen LogP contribution in [0.4, 0.5) is 5.69 Å². The van der Waals surface area contributed by atoms with Crippen LogP contribution >= 0.6 is 15.9 Å². The highest BCUT2D eigenvalue weighted by Gasteiger charge is 2.15. The smallest absolute Gasteiger partial charge is 0.273 e. The summed E-state index contributed by atoms with van der Waals surface area (Å²) in [6, 6.07) is 17.3. The van der Waals surface area contributed by atoms with E-state index in [2.05, 4.69) is 31.8 Å². The van der Waals surface area contributed by atoms with Gasteiger partial charge in [-0.2, -0.15) is 5.10 Å². The third-order valence-electron chi connectivity index (χ3n) is 3.66. The first-order valence-corrected chi connectivity index (χ1v) is 8.88. The van der Waals surface area contributed by atoms with Crippen molar-refractivity contribution in [3.63, 3.8) is 0 Å². The Hall–Kier alpha value is -3.19. The molecule has 3 rings (SSSR count). The van der Waals surface area contributed by atoms with Gasteiger partial charge in [0.25, 0.3) is 11.8 Å². The Labute approximate surface area is 164 Å². The van der Waals surface area contributed by atoms with E-state index in [0.29, 0.717) is 27.0 Å². The van der Waals surface area contributed by atoms with Crippen LogP contribution in [0.5, 0.6) is 0 Å². The molecule has 1 aromatic heterocycles. The molecule has 0 fully saturated rings. The van der Waals surface area contributed by atoms with Gasteiger partial charge in [-0.25, -0.2) is 5.43 Å². The molecule has 0 spiro atoms. The molecule has 7 heteroatoms. The van der Waals surface area contributed by atoms with Crippen LogP contribution in [0, 0.1) is 6.92 Å². The minimum absolute atomic E-state index is 0.297. The van der Waals surface area contributed by atoms with E-state index < -0.39 is 5.91 Å². The molecule has 0 bridgehead atoms. The zero-order valence-electron chi connectivity index (χ0n) is 14.4. The van der Waals surface area contributed by atoms with Crippen molar-refractivity contribution in [2.45, 2.75) is 6.92 Å². The van der Waals surface area contributed by atoms with Crippen LogP contribution < -0.4 is 10.7 Å². The van der Waals surface area contributed by atoms with Crippen molar-refractivity contribution in [3.8, 4) is 0 Å². The number of nitrogens with zero attached hydrogens (tertiary/aromatic N) is 1. The number of hydrazone groups is 1. The number of para-hydroxylation sites is 1. The maximum atomic E-state index is 12.5. The summed E-state index contributed by atoms with van der Waals surface area (Å²) < 4.78 is 6.01. The lowest BCUT2D eigenvalue weighted by Gasteiger charge is -2.10. The summed E-state index contributed by atoms with van der Waals surface area (Å²) in [5.41, 5.74) is 3.59. The molecule has 2 aromatic carbocycles. The molecule has 0 saturated carbocycles. The second-order valence-electron chi connectivity index (χ2n) is 5.63. The minimum Gasteiger partial charge on any atom is -0.460 e. The van der Waals surface area contributed by atoms with Crippen LogP contribution in [0.1, 0.15) is 32.2 Å². The van der Waals surface area contributed by atoms with Gasteiger partial charge >= 0.3 is 0 Å². The minimum atomic E-state index is -0.447. The van der Waals surface area contributed by atoms with Crippen LogP contribution in [0.25, 0.3) is 0 Å². The van der Waals surface area contributed by atoms with Crippen molar-refractivity contribution in [2.75, 3.05) is 5.32 Å². The first-order chi connectivity index (χ1) is 13.0. The fourth-order valence-electron chi connectivity index (χ4n) is 2.36. The van der Waals surface area contributed by atoms with E-state index in [9.17, 15) is 9.59 Å². The Bertz CT molecular complexity index is 1010. The van der Waals surface area contributed by atoms with E-state index in [-0.39, 0.29) is 5.91 Å².